The largest absolute Gasteiger partial charge is 0.354 e. The number of amides is 1. The Bertz CT molecular complexity index is 372. The second-order valence-corrected chi connectivity index (χ2v) is 4.89. The maximum Gasteiger partial charge on any atom is 0.241 e. The number of nitrogens with one attached hydrogen (secondary N) is 1. The summed E-state index contributed by atoms with van der Waals surface area (Å²) in [5.74, 6) is 0.843. The van der Waals surface area contributed by atoms with Crippen molar-refractivity contribution in [1.82, 2.24) is 15.1 Å². The van der Waals surface area contributed by atoms with Crippen molar-refractivity contribution in [2.45, 2.75) is 26.8 Å². The van der Waals surface area contributed by atoms with E-state index >= 15 is 0 Å². The van der Waals surface area contributed by atoms with E-state index in [9.17, 15) is 4.79 Å². The summed E-state index contributed by atoms with van der Waals surface area (Å²) in [6, 6.07) is -0.636. The first-order valence-electron chi connectivity index (χ1n) is 5.93. The number of carbonyl (C=O) groups excluding carboxylic acids is 1. The molecule has 0 aromatic carbocycles. The molecule has 3 N–H and O–H groups in total. The van der Waals surface area contributed by atoms with Crippen molar-refractivity contribution in [3.05, 3.63) is 18.0 Å². The first-order chi connectivity index (χ1) is 7.91. The molecule has 2 atom stereocenters. The molecule has 5 nitrogen and oxygen atoms in total. The van der Waals surface area contributed by atoms with Gasteiger partial charge in [-0.15, -0.1) is 0 Å². The van der Waals surface area contributed by atoms with E-state index in [-0.39, 0.29) is 5.91 Å². The summed E-state index contributed by atoms with van der Waals surface area (Å²) in [4.78, 5) is 11.8. The lowest BCUT2D eigenvalue weighted by Gasteiger charge is -2.17. The molecule has 0 saturated heterocycles. The molecule has 1 rings (SSSR count). The van der Waals surface area contributed by atoms with Gasteiger partial charge in [0.05, 0.1) is 6.20 Å². The fourth-order valence-corrected chi connectivity index (χ4v) is 1.36. The molecule has 1 amide bonds. The molecule has 0 bridgehead atoms. The highest BCUT2D eigenvalue weighted by molar-refractivity contribution is 5.82. The zero-order valence-electron chi connectivity index (χ0n) is 11.0. The van der Waals surface area contributed by atoms with E-state index in [2.05, 4.69) is 31.2 Å². The van der Waals surface area contributed by atoms with Crippen LogP contribution in [0.25, 0.3) is 0 Å². The fraction of sp³-hybridized carbons (Fsp3) is 0.667. The highest BCUT2D eigenvalue weighted by Gasteiger charge is 2.18. The van der Waals surface area contributed by atoms with Crippen molar-refractivity contribution in [2.75, 3.05) is 6.54 Å². The van der Waals surface area contributed by atoms with Gasteiger partial charge in [-0.05, 0) is 11.8 Å². The van der Waals surface area contributed by atoms with Gasteiger partial charge in [0.15, 0.2) is 0 Å². The predicted molar refractivity (Wildman–Crippen MR) is 67.1 cm³/mol. The maximum atomic E-state index is 11.8. The molecular formula is C12H22N4O. The standard InChI is InChI=1S/C12H22N4O/c1-8(2)9(3)5-14-12(17)11(13)10-6-15-16(4)7-10/h6-9,11H,5,13H2,1-4H3,(H,14,17). The predicted octanol–water partition coefficient (Wildman–Crippen LogP) is 0.828. The van der Waals surface area contributed by atoms with Gasteiger partial charge in [0.25, 0.3) is 0 Å². The van der Waals surface area contributed by atoms with Crippen molar-refractivity contribution in [1.29, 1.82) is 0 Å². The SMILES string of the molecule is CC(C)C(C)CNC(=O)C(N)c1cnn(C)c1. The zero-order chi connectivity index (χ0) is 13.0. The molecule has 96 valence electrons. The van der Waals surface area contributed by atoms with Gasteiger partial charge in [-0.2, -0.15) is 5.10 Å². The quantitative estimate of drug-likeness (QED) is 0.798. The van der Waals surface area contributed by atoms with Crippen LogP contribution in [-0.4, -0.2) is 22.2 Å². The van der Waals surface area contributed by atoms with Crippen molar-refractivity contribution in [3.8, 4) is 0 Å². The molecule has 0 aliphatic rings. The number of nitrogens with two attached hydrogens (primary N) is 1. The smallest absolute Gasteiger partial charge is 0.241 e. The second-order valence-electron chi connectivity index (χ2n) is 4.89. The average molecular weight is 238 g/mol. The molecule has 17 heavy (non-hydrogen) atoms. The summed E-state index contributed by atoms with van der Waals surface area (Å²) in [5, 5.41) is 6.87. The molecule has 0 aliphatic heterocycles. The molecule has 0 spiro atoms. The number of rotatable bonds is 5. The highest BCUT2D eigenvalue weighted by atomic mass is 16.2. The number of nitrogens with zero attached hydrogens (tertiary/aromatic N) is 2. The molecule has 0 radical (unpaired) electrons. The summed E-state index contributed by atoms with van der Waals surface area (Å²) in [6.07, 6.45) is 3.38. The average Bonchev–Trinajstić information content (AvgIpc) is 2.70. The van der Waals surface area contributed by atoms with Crippen molar-refractivity contribution < 1.29 is 4.79 Å². The summed E-state index contributed by atoms with van der Waals surface area (Å²) in [6.45, 7) is 7.04. The number of aryl methyl sites for hydroxylation is 1. The van der Waals surface area contributed by atoms with Gasteiger partial charge in [-0.1, -0.05) is 20.8 Å². The summed E-state index contributed by atoms with van der Waals surface area (Å²) >= 11 is 0. The van der Waals surface area contributed by atoms with E-state index < -0.39 is 6.04 Å². The van der Waals surface area contributed by atoms with E-state index in [0.29, 0.717) is 18.4 Å². The monoisotopic (exact) mass is 238 g/mol. The highest BCUT2D eigenvalue weighted by Crippen LogP contribution is 2.10. The summed E-state index contributed by atoms with van der Waals surface area (Å²) in [5.41, 5.74) is 6.59. The normalized spacial score (nSPS) is 14.7. The van der Waals surface area contributed by atoms with Crippen LogP contribution in [0.5, 0.6) is 0 Å². The molecule has 0 saturated carbocycles. The summed E-state index contributed by atoms with van der Waals surface area (Å²) < 4.78 is 1.64. The third-order valence-corrected chi connectivity index (χ3v) is 3.10. The lowest BCUT2D eigenvalue weighted by Crippen LogP contribution is -2.37. The van der Waals surface area contributed by atoms with Crippen LogP contribution in [0.2, 0.25) is 0 Å². The van der Waals surface area contributed by atoms with Crippen molar-refractivity contribution in [2.24, 2.45) is 24.6 Å². The minimum atomic E-state index is -0.636. The minimum Gasteiger partial charge on any atom is -0.354 e. The molecule has 1 heterocycles. The van der Waals surface area contributed by atoms with Gasteiger partial charge in [-0.25, -0.2) is 0 Å². The van der Waals surface area contributed by atoms with E-state index in [1.165, 1.54) is 0 Å². The van der Waals surface area contributed by atoms with Crippen LogP contribution in [0, 0.1) is 11.8 Å². The Balaban J connectivity index is 2.48. The Morgan fingerprint density at radius 2 is 2.18 bits per heavy atom. The van der Waals surface area contributed by atoms with Gasteiger partial charge >= 0.3 is 0 Å². The minimum absolute atomic E-state index is 0.148. The Morgan fingerprint density at radius 1 is 1.53 bits per heavy atom. The van der Waals surface area contributed by atoms with Crippen LogP contribution in [-0.2, 0) is 11.8 Å². The van der Waals surface area contributed by atoms with Gasteiger partial charge in [-0.3, -0.25) is 9.48 Å². The first kappa shape index (κ1) is 13.7. The van der Waals surface area contributed by atoms with Gasteiger partial charge in [0.2, 0.25) is 5.91 Å². The van der Waals surface area contributed by atoms with Gasteiger partial charge in [0, 0.05) is 25.4 Å². The van der Waals surface area contributed by atoms with Crippen LogP contribution in [0.15, 0.2) is 12.4 Å². The van der Waals surface area contributed by atoms with Crippen LogP contribution in [0.4, 0.5) is 0 Å². The van der Waals surface area contributed by atoms with Crippen molar-refractivity contribution in [3.63, 3.8) is 0 Å². The maximum absolute atomic E-state index is 11.8. The van der Waals surface area contributed by atoms with Crippen LogP contribution >= 0.6 is 0 Å². The molecule has 5 heteroatoms. The molecular weight excluding hydrogens is 216 g/mol. The van der Waals surface area contributed by atoms with E-state index in [0.717, 1.165) is 5.56 Å². The molecule has 1 aromatic heterocycles. The third-order valence-electron chi connectivity index (χ3n) is 3.10. The number of carbonyl (C=O) groups is 1. The molecule has 0 aliphatic carbocycles. The summed E-state index contributed by atoms with van der Waals surface area (Å²) in [7, 11) is 1.80. The van der Waals surface area contributed by atoms with E-state index in [4.69, 9.17) is 5.73 Å². The van der Waals surface area contributed by atoms with Crippen LogP contribution in [0.1, 0.15) is 32.4 Å². The Labute approximate surface area is 102 Å². The Kier molecular flexibility index (Phi) is 4.69. The topological polar surface area (TPSA) is 72.9 Å². The Hall–Kier alpha value is -1.36. The van der Waals surface area contributed by atoms with Gasteiger partial charge < -0.3 is 11.1 Å². The first-order valence-corrected chi connectivity index (χ1v) is 5.93. The van der Waals surface area contributed by atoms with Gasteiger partial charge in [0.1, 0.15) is 6.04 Å². The van der Waals surface area contributed by atoms with Crippen LogP contribution < -0.4 is 11.1 Å². The third kappa shape index (κ3) is 3.85. The number of hydrogen-bond donors (Lipinski definition) is 2. The Morgan fingerprint density at radius 3 is 2.65 bits per heavy atom. The molecule has 1 aromatic rings. The number of hydrogen-bond acceptors (Lipinski definition) is 3. The lowest BCUT2D eigenvalue weighted by molar-refractivity contribution is -0.122. The second kappa shape index (κ2) is 5.82. The molecule has 2 unspecified atom stereocenters. The zero-order valence-corrected chi connectivity index (χ0v) is 11.0. The number of aromatic nitrogens is 2. The van der Waals surface area contributed by atoms with Crippen molar-refractivity contribution >= 4 is 5.91 Å². The van der Waals surface area contributed by atoms with E-state index in [1.54, 1.807) is 24.1 Å². The lowest BCUT2D eigenvalue weighted by atomic mass is 9.98. The van der Waals surface area contributed by atoms with Crippen LogP contribution in [0.3, 0.4) is 0 Å². The molecule has 0 fully saturated rings. The fourth-order valence-electron chi connectivity index (χ4n) is 1.36. The van der Waals surface area contributed by atoms with E-state index in [1.807, 2.05) is 0 Å².